The summed E-state index contributed by atoms with van der Waals surface area (Å²) in [6.07, 6.45) is 7.33. The first-order valence-corrected chi connectivity index (χ1v) is 8.65. The highest BCUT2D eigenvalue weighted by Gasteiger charge is 2.16. The van der Waals surface area contributed by atoms with E-state index in [0.717, 1.165) is 30.0 Å². The van der Waals surface area contributed by atoms with E-state index < -0.39 is 0 Å². The summed E-state index contributed by atoms with van der Waals surface area (Å²) in [6.45, 7) is 2.58. The van der Waals surface area contributed by atoms with Gasteiger partial charge < -0.3 is 8.98 Å². The lowest BCUT2D eigenvalue weighted by molar-refractivity contribution is 0.556. The van der Waals surface area contributed by atoms with E-state index >= 15 is 0 Å². The van der Waals surface area contributed by atoms with Crippen LogP contribution in [0, 0.1) is 0 Å². The van der Waals surface area contributed by atoms with Gasteiger partial charge in [-0.1, -0.05) is 6.92 Å². The summed E-state index contributed by atoms with van der Waals surface area (Å²) >= 11 is 1.76. The fourth-order valence-electron chi connectivity index (χ4n) is 3.05. The summed E-state index contributed by atoms with van der Waals surface area (Å²) < 4.78 is 7.38. The minimum Gasteiger partial charge on any atom is -0.461 e. The minimum absolute atomic E-state index is 0.00845. The van der Waals surface area contributed by atoms with Gasteiger partial charge in [-0.25, -0.2) is 4.98 Å². The van der Waals surface area contributed by atoms with Crippen molar-refractivity contribution in [3.8, 4) is 0 Å². The first-order valence-electron chi connectivity index (χ1n) is 7.84. The monoisotopic (exact) mass is 314 g/mol. The topological polar surface area (TPSA) is 48.0 Å². The van der Waals surface area contributed by atoms with Crippen LogP contribution in [-0.4, -0.2) is 9.55 Å². The lowest BCUT2D eigenvalue weighted by Gasteiger charge is -2.06. The third kappa shape index (κ3) is 2.29. The highest BCUT2D eigenvalue weighted by Crippen LogP contribution is 2.27. The van der Waals surface area contributed by atoms with Crippen LogP contribution in [0.15, 0.2) is 27.5 Å². The van der Waals surface area contributed by atoms with Gasteiger partial charge in [-0.15, -0.1) is 11.3 Å². The van der Waals surface area contributed by atoms with Crippen molar-refractivity contribution >= 4 is 22.3 Å². The second-order valence-corrected chi connectivity index (χ2v) is 6.95. The first kappa shape index (κ1) is 13.8. The molecule has 0 bridgehead atoms. The van der Waals surface area contributed by atoms with Gasteiger partial charge in [0.15, 0.2) is 0 Å². The van der Waals surface area contributed by atoms with Gasteiger partial charge in [0.2, 0.25) is 0 Å². The van der Waals surface area contributed by atoms with Gasteiger partial charge in [-0.3, -0.25) is 4.79 Å². The highest BCUT2D eigenvalue weighted by molar-refractivity contribution is 7.11. The van der Waals surface area contributed by atoms with Crippen LogP contribution >= 0.6 is 11.3 Å². The molecule has 5 heteroatoms. The average molecular weight is 314 g/mol. The molecule has 0 unspecified atom stereocenters. The Kier molecular flexibility index (Phi) is 3.37. The number of fused-ring (bicyclic) bond motifs is 2. The van der Waals surface area contributed by atoms with E-state index in [-0.39, 0.29) is 5.56 Å². The maximum atomic E-state index is 12.6. The fourth-order valence-corrected chi connectivity index (χ4v) is 4.20. The number of rotatable bonds is 3. The Balaban J connectivity index is 1.70. The molecule has 0 saturated heterocycles. The molecular formula is C17H18N2O2S. The molecular weight excluding hydrogens is 296 g/mol. The van der Waals surface area contributed by atoms with Crippen molar-refractivity contribution < 1.29 is 4.42 Å². The summed E-state index contributed by atoms with van der Waals surface area (Å²) in [4.78, 5) is 18.7. The molecule has 1 aliphatic carbocycles. The Morgan fingerprint density at radius 1 is 1.36 bits per heavy atom. The molecule has 0 radical (unpaired) electrons. The van der Waals surface area contributed by atoms with E-state index in [9.17, 15) is 4.79 Å². The molecule has 3 heterocycles. The van der Waals surface area contributed by atoms with E-state index in [1.807, 2.05) is 25.3 Å². The lowest BCUT2D eigenvalue weighted by atomic mass is 10.0. The van der Waals surface area contributed by atoms with E-state index in [2.05, 4.69) is 0 Å². The zero-order chi connectivity index (χ0) is 15.1. The molecule has 0 saturated carbocycles. The van der Waals surface area contributed by atoms with Crippen LogP contribution in [0.3, 0.4) is 0 Å². The smallest absolute Gasteiger partial charge is 0.262 e. The number of hydrogen-bond acceptors (Lipinski definition) is 4. The number of aryl methyl sites for hydroxylation is 3. The molecule has 0 N–H and O–H groups in total. The normalized spacial score (nSPS) is 14.4. The molecule has 22 heavy (non-hydrogen) atoms. The van der Waals surface area contributed by atoms with Crippen molar-refractivity contribution in [2.75, 3.05) is 0 Å². The molecule has 114 valence electrons. The first-order chi connectivity index (χ1) is 10.7. The zero-order valence-corrected chi connectivity index (χ0v) is 13.4. The van der Waals surface area contributed by atoms with Crippen LogP contribution in [0.25, 0.3) is 11.0 Å². The lowest BCUT2D eigenvalue weighted by Crippen LogP contribution is -2.19. The molecule has 0 aromatic carbocycles. The van der Waals surface area contributed by atoms with Gasteiger partial charge >= 0.3 is 0 Å². The Hall–Kier alpha value is -1.88. The second kappa shape index (κ2) is 5.39. The molecule has 4 rings (SSSR count). The fraction of sp³-hybridized carbons (Fsp3) is 0.412. The van der Waals surface area contributed by atoms with Gasteiger partial charge in [0.25, 0.3) is 5.56 Å². The van der Waals surface area contributed by atoms with E-state index in [1.165, 1.54) is 23.4 Å². The van der Waals surface area contributed by atoms with Crippen LogP contribution in [0.5, 0.6) is 0 Å². The van der Waals surface area contributed by atoms with Gasteiger partial charge in [0.1, 0.15) is 16.4 Å². The second-order valence-electron chi connectivity index (χ2n) is 5.78. The van der Waals surface area contributed by atoms with E-state index in [1.54, 1.807) is 15.9 Å². The van der Waals surface area contributed by atoms with Crippen LogP contribution in [-0.2, 0) is 25.8 Å². The Morgan fingerprint density at radius 2 is 2.23 bits per heavy atom. The number of pyridine rings is 1. The molecule has 3 aromatic heterocycles. The summed E-state index contributed by atoms with van der Waals surface area (Å²) in [5.74, 6) is 0.856. The van der Waals surface area contributed by atoms with Crippen LogP contribution in [0.2, 0.25) is 0 Å². The largest absolute Gasteiger partial charge is 0.461 e. The molecule has 4 nitrogen and oxygen atoms in total. The number of hydrogen-bond donors (Lipinski definition) is 0. The number of aromatic nitrogens is 2. The minimum atomic E-state index is 0.00845. The molecule has 0 fully saturated rings. The summed E-state index contributed by atoms with van der Waals surface area (Å²) in [5.41, 5.74) is 1.93. The Bertz CT molecular complexity index is 864. The zero-order valence-electron chi connectivity index (χ0n) is 12.6. The standard InChI is InChI=1S/C17H18N2O2S/c1-2-11-9-12-14(21-11)7-8-19(17(12)20)10-16-18-13-5-3-4-6-15(13)22-16/h7-9H,2-6,10H2,1H3. The number of furan rings is 1. The quantitative estimate of drug-likeness (QED) is 0.743. The van der Waals surface area contributed by atoms with Gasteiger partial charge in [-0.2, -0.15) is 0 Å². The van der Waals surface area contributed by atoms with Gasteiger partial charge in [0.05, 0.1) is 17.6 Å². The molecule has 0 aliphatic heterocycles. The summed E-state index contributed by atoms with van der Waals surface area (Å²) in [6, 6.07) is 3.74. The van der Waals surface area contributed by atoms with Crippen LogP contribution in [0.1, 0.15) is 41.1 Å². The third-order valence-corrected chi connectivity index (χ3v) is 5.40. The number of nitrogens with zero attached hydrogens (tertiary/aromatic N) is 2. The molecule has 1 aliphatic rings. The van der Waals surface area contributed by atoms with Crippen molar-refractivity contribution in [2.45, 2.75) is 45.6 Å². The molecule has 0 amide bonds. The van der Waals surface area contributed by atoms with Crippen LogP contribution < -0.4 is 5.56 Å². The Labute approximate surface area is 132 Å². The highest BCUT2D eigenvalue weighted by atomic mass is 32.1. The predicted octanol–water partition coefficient (Wildman–Crippen LogP) is 3.54. The summed E-state index contributed by atoms with van der Waals surface area (Å²) in [7, 11) is 0. The average Bonchev–Trinajstić information content (AvgIpc) is 3.13. The van der Waals surface area contributed by atoms with Crippen molar-refractivity contribution in [1.29, 1.82) is 0 Å². The maximum absolute atomic E-state index is 12.6. The molecule has 0 spiro atoms. The predicted molar refractivity (Wildman–Crippen MR) is 87.7 cm³/mol. The SMILES string of the molecule is CCc1cc2c(=O)n(Cc3nc4c(s3)CCCC4)ccc2o1. The van der Waals surface area contributed by atoms with Gasteiger partial charge in [-0.05, 0) is 37.8 Å². The summed E-state index contributed by atoms with van der Waals surface area (Å²) in [5, 5.41) is 1.70. The van der Waals surface area contributed by atoms with E-state index in [4.69, 9.17) is 9.40 Å². The van der Waals surface area contributed by atoms with Crippen molar-refractivity contribution in [2.24, 2.45) is 0 Å². The van der Waals surface area contributed by atoms with Crippen molar-refractivity contribution in [1.82, 2.24) is 9.55 Å². The maximum Gasteiger partial charge on any atom is 0.262 e. The van der Waals surface area contributed by atoms with Crippen molar-refractivity contribution in [3.05, 3.63) is 50.0 Å². The molecule has 0 atom stereocenters. The van der Waals surface area contributed by atoms with E-state index in [0.29, 0.717) is 17.5 Å². The number of thiazole rings is 1. The molecule has 3 aromatic rings. The third-order valence-electron chi connectivity index (χ3n) is 4.25. The van der Waals surface area contributed by atoms with Crippen molar-refractivity contribution in [3.63, 3.8) is 0 Å². The van der Waals surface area contributed by atoms with Gasteiger partial charge in [0, 0.05) is 17.5 Å². The van der Waals surface area contributed by atoms with Crippen LogP contribution in [0.4, 0.5) is 0 Å². The Morgan fingerprint density at radius 3 is 3.05 bits per heavy atom.